The Morgan fingerprint density at radius 1 is 0.659 bits per heavy atom. The molecule has 12 rings (SSSR count). The van der Waals surface area contributed by atoms with E-state index in [1.807, 2.05) is 30.3 Å². The number of ketones is 1. The summed E-state index contributed by atoms with van der Waals surface area (Å²) in [6, 6.07) is 41.3. The number of anilines is 1. The van der Waals surface area contributed by atoms with Gasteiger partial charge in [-0.2, -0.15) is 4.58 Å². The van der Waals surface area contributed by atoms with Gasteiger partial charge in [-0.05, 0) is 152 Å². The molecule has 2 fully saturated rings. The zero-order chi connectivity index (χ0) is 92.1. The summed E-state index contributed by atoms with van der Waals surface area (Å²) in [6.07, 6.45) is 12.7. The molecule has 10 amide bonds. The number of allylic oxidation sites excluding steroid dienone is 7. The fourth-order valence-corrected chi connectivity index (χ4v) is 21.3. The third-order valence-corrected chi connectivity index (χ3v) is 28.5. The zero-order valence-electron chi connectivity index (χ0n) is 74.4. The van der Waals surface area contributed by atoms with Gasteiger partial charge in [-0.1, -0.05) is 199 Å². The van der Waals surface area contributed by atoms with Crippen LogP contribution in [-0.4, -0.2) is 212 Å². The molecule has 682 valence electrons. The van der Waals surface area contributed by atoms with Crippen molar-refractivity contribution in [2.24, 2.45) is 11.7 Å². The van der Waals surface area contributed by atoms with Gasteiger partial charge in [-0.25, -0.2) is 0 Å². The maximum Gasteiger partial charge on any atom is 0.245 e. The van der Waals surface area contributed by atoms with Crippen molar-refractivity contribution in [1.82, 2.24) is 47.4 Å². The van der Waals surface area contributed by atoms with Crippen molar-refractivity contribution < 1.29 is 72.6 Å². The number of nitrogens with zero attached hydrogens (tertiary/aromatic N) is 3. The molecular formula is C100H121N12O14S3+. The fourth-order valence-electron chi connectivity index (χ4n) is 17.9. The van der Waals surface area contributed by atoms with Gasteiger partial charge in [0.25, 0.3) is 0 Å². The van der Waals surface area contributed by atoms with E-state index >= 15 is 19.2 Å². The molecule has 0 spiro atoms. The SMILES string of the molecule is C[C@@H](O)[C@@H]1NC(=O)[C@H](CCCCN)NC(=O)[C@@H](CC2=CCc3ccccc32)NC(=O)[C@H](Cc2ccccc2)CC(=O)[C@@H](NC(=O)[C@@H](Cc2ccccc2)NC(=O)CCSC2CC(=O)N(CCNC(=O)CCCCC[N+]3=C(/C=C/C=C/C=C4/N(C)c5ccc6ccccc6c5C4(C)C)C(C)(C)c4c3ccc3ccccc43)C2=O)CSSCC(C(=O)N[C@H](CO)[C@@H](C)O)NC1=O. The van der Waals surface area contributed by atoms with Gasteiger partial charge in [0.05, 0.1) is 41.6 Å². The predicted molar refractivity (Wildman–Crippen MR) is 510 cm³/mol. The van der Waals surface area contributed by atoms with Gasteiger partial charge in [0, 0.05) is 123 Å². The normalized spacial score (nSPS) is 21.7. The van der Waals surface area contributed by atoms with Crippen molar-refractivity contribution in [3.05, 3.63) is 233 Å². The van der Waals surface area contributed by atoms with E-state index in [2.05, 4.69) is 190 Å². The Hall–Kier alpha value is -11.1. The number of hydrogen-bond acceptors (Lipinski definition) is 19. The number of nitrogens with one attached hydrogen (secondary N) is 8. The number of fused-ring (bicyclic) bond motifs is 7. The lowest BCUT2D eigenvalue weighted by molar-refractivity contribution is -0.438. The lowest BCUT2D eigenvalue weighted by Gasteiger charge is -2.29. The maximum absolute atomic E-state index is 15.5. The Kier molecular flexibility index (Phi) is 34.2. The summed E-state index contributed by atoms with van der Waals surface area (Å²) in [5.41, 5.74) is 16.6. The van der Waals surface area contributed by atoms with Crippen LogP contribution in [0.1, 0.15) is 146 Å². The molecule has 7 aromatic rings. The molecule has 0 aromatic heterocycles. The van der Waals surface area contributed by atoms with Crippen LogP contribution in [-0.2, 0) is 82.8 Å². The molecule has 0 saturated carbocycles. The van der Waals surface area contributed by atoms with Crippen molar-refractivity contribution in [1.29, 1.82) is 0 Å². The minimum absolute atomic E-state index is 0.00308. The number of Topliss-reactive ketones (excluding diaryl/α,β-unsaturated/α-hetero) is 1. The summed E-state index contributed by atoms with van der Waals surface area (Å²) in [5, 5.41) is 58.0. The van der Waals surface area contributed by atoms with Crippen molar-refractivity contribution in [2.75, 3.05) is 62.0 Å². The standard InChI is InChI=1S/C100H120N12O14S3/c1-62(114)77(59-113)106-96(124)79-61-129-128-60-78(82(116)57-70(54-64-28-12-8-13-29-64)92(120)105-76(56-69-43-42-66-32-19-22-35-71(66)69)95(123)104-74(38-25-26-49-101)93(121)109-91(63(2)115)97(125)108-79)107-94(122)75(55-65-30-14-9-15-31-65)103-87(118)48-53-127-83-58-88(119)112(98(83)126)52-50-102-86(117)41-18-11-27-51-111-81-47-45-68-34-21-24-37-73(68)90(81)100(5,6)85(111)40-17-10-16-39-84-99(3,4)89-72-36-23-20-33-67(72)44-46-80(89)110(84)7/h8-10,12-17,19-24,28-37,39-40,43-47,62-63,70,74-79,83,91,113-115H,11,18,25-27,38,41-42,48-61,101H2,1-7H3,(H7-,102,103,104,105,106,107,108,109,117,118,120,121,122,123,124,125)/p+1/t62-,63-,70-,74+,75-,76-,77-,78+,79?,83?,91+/m1/s1. The zero-order valence-corrected chi connectivity index (χ0v) is 76.8. The van der Waals surface area contributed by atoms with E-state index in [1.165, 1.54) is 69.3 Å². The molecule has 13 N–H and O–H groups in total. The van der Waals surface area contributed by atoms with E-state index in [4.69, 9.17) is 5.73 Å². The molecule has 2 unspecified atom stereocenters. The van der Waals surface area contributed by atoms with Gasteiger partial charge in [0.1, 0.15) is 36.8 Å². The van der Waals surface area contributed by atoms with Crippen LogP contribution in [0.4, 0.5) is 11.4 Å². The lowest BCUT2D eigenvalue weighted by Crippen LogP contribution is -2.61. The summed E-state index contributed by atoms with van der Waals surface area (Å²) < 4.78 is 2.42. The maximum atomic E-state index is 15.5. The Labute approximate surface area is 766 Å². The molecule has 2 saturated heterocycles. The third kappa shape index (κ3) is 24.5. The van der Waals surface area contributed by atoms with Crippen LogP contribution < -0.4 is 53.2 Å². The Morgan fingerprint density at radius 3 is 2.04 bits per heavy atom. The van der Waals surface area contributed by atoms with Gasteiger partial charge in [-0.15, -0.1) is 11.8 Å². The van der Waals surface area contributed by atoms with E-state index in [1.54, 1.807) is 60.7 Å². The number of likely N-dealkylation sites (tertiary alicyclic amines) is 1. The fraction of sp³-hybridized carbons (Fsp3) is 0.420. The molecule has 129 heavy (non-hydrogen) atoms. The highest BCUT2D eigenvalue weighted by Crippen LogP contribution is 2.50. The summed E-state index contributed by atoms with van der Waals surface area (Å²) in [6.45, 7) is 12.0. The molecule has 0 radical (unpaired) electrons. The van der Waals surface area contributed by atoms with E-state index in [0.29, 0.717) is 36.8 Å². The summed E-state index contributed by atoms with van der Waals surface area (Å²) >= 11 is 1.12. The second-order valence-electron chi connectivity index (χ2n) is 34.9. The second-order valence-corrected chi connectivity index (χ2v) is 38.7. The first-order chi connectivity index (χ1) is 62.0. The smallest absolute Gasteiger partial charge is 0.245 e. The minimum Gasteiger partial charge on any atom is -0.394 e. The van der Waals surface area contributed by atoms with E-state index in [0.717, 1.165) is 74.3 Å². The number of carbonyl (C=O) groups excluding carboxylic acids is 11. The molecule has 11 atom stereocenters. The molecule has 29 heteroatoms. The number of unbranched alkanes of at least 4 members (excludes halogenated alkanes) is 3. The van der Waals surface area contributed by atoms with E-state index < -0.39 is 138 Å². The number of benzene rings is 7. The van der Waals surface area contributed by atoms with Gasteiger partial charge >= 0.3 is 0 Å². The van der Waals surface area contributed by atoms with Gasteiger partial charge in [0.2, 0.25) is 64.8 Å². The number of imide groups is 1. The first-order valence-corrected chi connectivity index (χ1v) is 48.2. The summed E-state index contributed by atoms with van der Waals surface area (Å²) in [5.74, 6) is -9.00. The molecule has 7 aromatic carbocycles. The third-order valence-electron chi connectivity index (χ3n) is 24.9. The first kappa shape index (κ1) is 97.0. The number of thioether (sulfide) groups is 1. The molecule has 0 bridgehead atoms. The van der Waals surface area contributed by atoms with Crippen molar-refractivity contribution in [2.45, 2.75) is 202 Å². The molecule has 4 heterocycles. The van der Waals surface area contributed by atoms with Crippen molar-refractivity contribution >= 4 is 142 Å². The minimum atomic E-state index is -1.73. The highest BCUT2D eigenvalue weighted by Gasteiger charge is 2.47. The number of rotatable bonds is 34. The molecule has 4 aliphatic heterocycles. The van der Waals surface area contributed by atoms with Crippen molar-refractivity contribution in [3.63, 3.8) is 0 Å². The van der Waals surface area contributed by atoms with Gasteiger partial charge < -0.3 is 68.5 Å². The van der Waals surface area contributed by atoms with Crippen LogP contribution in [0.2, 0.25) is 0 Å². The van der Waals surface area contributed by atoms with Gasteiger partial charge in [0.15, 0.2) is 11.5 Å². The topological polar surface area (TPSA) is 380 Å². The highest BCUT2D eigenvalue weighted by molar-refractivity contribution is 8.76. The van der Waals surface area contributed by atoms with Crippen molar-refractivity contribution in [3.8, 4) is 0 Å². The highest BCUT2D eigenvalue weighted by atomic mass is 33.1. The quantitative estimate of drug-likeness (QED) is 0.00587. The average molecular weight is 1810 g/mol. The van der Waals surface area contributed by atoms with Crippen LogP contribution in [0.25, 0.3) is 27.1 Å². The number of carbonyl (C=O) groups is 11. The Balaban J connectivity index is 0.686. The monoisotopic (exact) mass is 1810 g/mol. The average Bonchev–Trinajstić information content (AvgIpc) is 1.58. The molecular weight excluding hydrogens is 1690 g/mol. The van der Waals surface area contributed by atoms with E-state index in [-0.39, 0.29) is 98.6 Å². The molecule has 1 aliphatic carbocycles. The number of nitrogens with two attached hydrogens (primary N) is 1. The predicted octanol–water partition coefficient (Wildman–Crippen LogP) is 9.48. The van der Waals surface area contributed by atoms with Gasteiger partial charge in [-0.3, -0.25) is 57.6 Å². The number of aliphatic hydroxyl groups excluding tert-OH is 3. The van der Waals surface area contributed by atoms with Crippen LogP contribution in [0.3, 0.4) is 0 Å². The van der Waals surface area contributed by atoms with Crippen LogP contribution in [0.15, 0.2) is 200 Å². The second kappa shape index (κ2) is 45.5. The Bertz CT molecular complexity index is 5420. The van der Waals surface area contributed by atoms with Crippen LogP contribution in [0.5, 0.6) is 0 Å². The van der Waals surface area contributed by atoms with Crippen LogP contribution >= 0.6 is 33.3 Å². The largest absolute Gasteiger partial charge is 0.394 e. The molecule has 5 aliphatic rings. The first-order valence-electron chi connectivity index (χ1n) is 44.7. The number of aliphatic hydroxyl groups is 3. The van der Waals surface area contributed by atoms with E-state index in [9.17, 15) is 48.9 Å². The lowest BCUT2D eigenvalue weighted by atomic mass is 9.79. The number of hydrogen-bond donors (Lipinski definition) is 12. The van der Waals surface area contributed by atoms with Crippen LogP contribution in [0, 0.1) is 5.92 Å². The summed E-state index contributed by atoms with van der Waals surface area (Å²) in [7, 11) is 4.13. The summed E-state index contributed by atoms with van der Waals surface area (Å²) in [4.78, 5) is 163. The Morgan fingerprint density at radius 2 is 1.33 bits per heavy atom. The number of amides is 10. The molecule has 26 nitrogen and oxygen atoms in total. The number of likely N-dealkylation sites (N-methyl/N-ethyl adjacent to an activating group) is 1.